The average molecular weight is 373 g/mol. The molecule has 0 saturated heterocycles. The lowest BCUT2D eigenvalue weighted by atomic mass is 10.1. The van der Waals surface area contributed by atoms with Crippen LogP contribution in [0.4, 0.5) is 0 Å². The second-order valence-corrected chi connectivity index (χ2v) is 5.69. The predicted molar refractivity (Wildman–Crippen MR) is 66.9 cm³/mol. The van der Waals surface area contributed by atoms with Gasteiger partial charge in [0.15, 0.2) is 5.78 Å². The molecule has 0 saturated carbocycles. The molecular weight excluding hydrogens is 366 g/mol. The summed E-state index contributed by atoms with van der Waals surface area (Å²) in [5.41, 5.74) is 0.654. The number of carbonyl (C=O) groups is 1. The maximum Gasteiger partial charge on any atom is 0.176 e. The molecule has 1 unspecified atom stereocenters. The minimum absolute atomic E-state index is 0.0559. The van der Waals surface area contributed by atoms with Crippen LogP contribution in [-0.2, 0) is 0 Å². The lowest BCUT2D eigenvalue weighted by Gasteiger charge is -2.03. The number of halogens is 3. The molecule has 0 spiro atoms. The van der Waals surface area contributed by atoms with Gasteiger partial charge in [-0.25, -0.2) is 0 Å². The van der Waals surface area contributed by atoms with Gasteiger partial charge in [-0.05, 0) is 47.7 Å². The van der Waals surface area contributed by atoms with E-state index in [2.05, 4.69) is 38.5 Å². The number of benzene rings is 1. The largest absolute Gasteiger partial charge is 0.293 e. The highest BCUT2D eigenvalue weighted by atomic mass is 127. The Morgan fingerprint density at radius 3 is 2.62 bits per heavy atom. The SMILES string of the molecule is CC(Br)C(=O)c1cc(Cl)cc(I)c1. The fraction of sp³-hybridized carbons (Fsp3) is 0.222. The van der Waals surface area contributed by atoms with Gasteiger partial charge in [-0.1, -0.05) is 27.5 Å². The number of rotatable bonds is 2. The van der Waals surface area contributed by atoms with Crippen LogP contribution in [0.25, 0.3) is 0 Å². The summed E-state index contributed by atoms with van der Waals surface area (Å²) in [6, 6.07) is 5.33. The van der Waals surface area contributed by atoms with Crippen molar-refractivity contribution in [3.8, 4) is 0 Å². The molecule has 13 heavy (non-hydrogen) atoms. The van der Waals surface area contributed by atoms with E-state index in [1.54, 1.807) is 13.0 Å². The molecule has 1 nitrogen and oxygen atoms in total. The molecule has 0 aliphatic heterocycles. The van der Waals surface area contributed by atoms with Crippen molar-refractivity contribution >= 4 is 55.9 Å². The molecule has 0 aromatic heterocycles. The molecule has 0 bridgehead atoms. The maximum atomic E-state index is 11.5. The van der Waals surface area contributed by atoms with Crippen molar-refractivity contribution in [3.05, 3.63) is 32.4 Å². The third-order valence-electron chi connectivity index (χ3n) is 1.51. The normalized spacial score (nSPS) is 12.6. The lowest BCUT2D eigenvalue weighted by molar-refractivity contribution is 0.0996. The van der Waals surface area contributed by atoms with Gasteiger partial charge in [-0.2, -0.15) is 0 Å². The van der Waals surface area contributed by atoms with Crippen molar-refractivity contribution in [3.63, 3.8) is 0 Å². The number of Topliss-reactive ketones (excluding diaryl/α,β-unsaturated/α-hetero) is 1. The summed E-state index contributed by atoms with van der Waals surface area (Å²) in [5, 5.41) is 0.600. The Labute approximate surface area is 104 Å². The van der Waals surface area contributed by atoms with Crippen LogP contribution >= 0.6 is 50.1 Å². The Morgan fingerprint density at radius 2 is 2.15 bits per heavy atom. The minimum Gasteiger partial charge on any atom is -0.293 e. The van der Waals surface area contributed by atoms with Gasteiger partial charge in [0.2, 0.25) is 0 Å². The fourth-order valence-electron chi connectivity index (χ4n) is 0.926. The van der Waals surface area contributed by atoms with Gasteiger partial charge in [0.1, 0.15) is 0 Å². The molecule has 0 aliphatic carbocycles. The molecule has 70 valence electrons. The third kappa shape index (κ3) is 3.22. The van der Waals surface area contributed by atoms with Crippen molar-refractivity contribution in [1.29, 1.82) is 0 Å². The highest BCUT2D eigenvalue weighted by Gasteiger charge is 2.12. The Balaban J connectivity index is 3.08. The van der Waals surface area contributed by atoms with Crippen LogP contribution in [0, 0.1) is 3.57 Å². The number of hydrogen-bond acceptors (Lipinski definition) is 1. The smallest absolute Gasteiger partial charge is 0.176 e. The molecule has 0 N–H and O–H groups in total. The topological polar surface area (TPSA) is 17.1 Å². The van der Waals surface area contributed by atoms with Crippen LogP contribution in [0.15, 0.2) is 18.2 Å². The number of ketones is 1. The summed E-state index contributed by atoms with van der Waals surface area (Å²) in [4.78, 5) is 11.4. The first kappa shape index (κ1) is 11.5. The van der Waals surface area contributed by atoms with Crippen molar-refractivity contribution in [2.75, 3.05) is 0 Å². The van der Waals surface area contributed by atoms with E-state index >= 15 is 0 Å². The van der Waals surface area contributed by atoms with Crippen LogP contribution in [0.2, 0.25) is 5.02 Å². The van der Waals surface area contributed by atoms with E-state index in [-0.39, 0.29) is 10.6 Å². The zero-order valence-electron chi connectivity index (χ0n) is 6.85. The van der Waals surface area contributed by atoms with Gasteiger partial charge in [0, 0.05) is 14.2 Å². The molecule has 0 aliphatic rings. The Morgan fingerprint density at radius 1 is 1.54 bits per heavy atom. The summed E-state index contributed by atoms with van der Waals surface area (Å²) in [6.45, 7) is 1.80. The van der Waals surface area contributed by atoms with E-state index in [9.17, 15) is 4.79 Å². The number of hydrogen-bond donors (Lipinski definition) is 0. The molecule has 4 heteroatoms. The number of alkyl halides is 1. The van der Waals surface area contributed by atoms with E-state index in [0.717, 1.165) is 3.57 Å². The highest BCUT2D eigenvalue weighted by molar-refractivity contribution is 14.1. The van der Waals surface area contributed by atoms with Gasteiger partial charge in [0.05, 0.1) is 4.83 Å². The van der Waals surface area contributed by atoms with Crippen LogP contribution in [-0.4, -0.2) is 10.6 Å². The molecule has 1 rings (SSSR count). The van der Waals surface area contributed by atoms with Crippen molar-refractivity contribution in [1.82, 2.24) is 0 Å². The van der Waals surface area contributed by atoms with E-state index in [1.807, 2.05) is 12.1 Å². The van der Waals surface area contributed by atoms with Crippen LogP contribution < -0.4 is 0 Å². The first-order chi connectivity index (χ1) is 6.00. The quantitative estimate of drug-likeness (QED) is 0.436. The molecule has 0 fully saturated rings. The van der Waals surface area contributed by atoms with E-state index in [1.165, 1.54) is 0 Å². The van der Waals surface area contributed by atoms with Gasteiger partial charge in [0.25, 0.3) is 0 Å². The Hall–Kier alpha value is 0.390. The van der Waals surface area contributed by atoms with Crippen LogP contribution in [0.1, 0.15) is 17.3 Å². The number of carbonyl (C=O) groups excluding carboxylic acids is 1. The summed E-state index contributed by atoms with van der Waals surface area (Å²) in [5.74, 6) is 0.0559. The molecule has 0 heterocycles. The second kappa shape index (κ2) is 4.75. The van der Waals surface area contributed by atoms with Gasteiger partial charge >= 0.3 is 0 Å². The first-order valence-corrected chi connectivity index (χ1v) is 6.02. The molecule has 1 aromatic carbocycles. The zero-order chi connectivity index (χ0) is 10.0. The Bertz CT molecular complexity index is 318. The molecule has 0 amide bonds. The van der Waals surface area contributed by atoms with Crippen LogP contribution in [0.3, 0.4) is 0 Å². The summed E-state index contributed by atoms with van der Waals surface area (Å²) in [7, 11) is 0. The first-order valence-electron chi connectivity index (χ1n) is 3.65. The van der Waals surface area contributed by atoms with Gasteiger partial charge in [-0.3, -0.25) is 4.79 Å². The molecule has 1 atom stereocenters. The summed E-state index contributed by atoms with van der Waals surface area (Å²) < 4.78 is 0.974. The Kier molecular flexibility index (Phi) is 4.19. The van der Waals surface area contributed by atoms with Crippen molar-refractivity contribution < 1.29 is 4.79 Å². The van der Waals surface area contributed by atoms with Gasteiger partial charge < -0.3 is 0 Å². The third-order valence-corrected chi connectivity index (χ3v) is 2.77. The van der Waals surface area contributed by atoms with E-state index in [4.69, 9.17) is 11.6 Å². The second-order valence-electron chi connectivity index (χ2n) is 2.64. The molecular formula is C9H7BrClIO. The van der Waals surface area contributed by atoms with E-state index < -0.39 is 0 Å². The minimum atomic E-state index is -0.165. The van der Waals surface area contributed by atoms with Gasteiger partial charge in [-0.15, -0.1) is 0 Å². The standard InChI is InChI=1S/C9H7BrClIO/c1-5(10)9(13)6-2-7(11)4-8(12)3-6/h2-5H,1H3. The van der Waals surface area contributed by atoms with E-state index in [0.29, 0.717) is 10.6 Å². The van der Waals surface area contributed by atoms with Crippen LogP contribution in [0.5, 0.6) is 0 Å². The lowest BCUT2D eigenvalue weighted by Crippen LogP contribution is -2.09. The van der Waals surface area contributed by atoms with Crippen molar-refractivity contribution in [2.45, 2.75) is 11.8 Å². The zero-order valence-corrected chi connectivity index (χ0v) is 11.4. The maximum absolute atomic E-state index is 11.5. The summed E-state index contributed by atoms with van der Waals surface area (Å²) >= 11 is 11.2. The van der Waals surface area contributed by atoms with Crippen molar-refractivity contribution in [2.24, 2.45) is 0 Å². The monoisotopic (exact) mass is 372 g/mol. The predicted octanol–water partition coefficient (Wildman–Crippen LogP) is 3.91. The highest BCUT2D eigenvalue weighted by Crippen LogP contribution is 2.19. The fourth-order valence-corrected chi connectivity index (χ4v) is 2.28. The molecule has 0 radical (unpaired) electrons. The average Bonchev–Trinajstić information content (AvgIpc) is 2.01. The summed E-state index contributed by atoms with van der Waals surface area (Å²) in [6.07, 6.45) is 0. The molecule has 1 aromatic rings.